The van der Waals surface area contributed by atoms with Gasteiger partial charge in [0.15, 0.2) is 0 Å². The lowest BCUT2D eigenvalue weighted by Gasteiger charge is -2.09. The molecule has 0 radical (unpaired) electrons. The maximum Gasteiger partial charge on any atom is 0.232 e. The Kier molecular flexibility index (Phi) is 6.66. The van der Waals surface area contributed by atoms with E-state index in [-0.39, 0.29) is 5.75 Å². The highest BCUT2D eigenvalue weighted by molar-refractivity contribution is 7.92. The van der Waals surface area contributed by atoms with Crippen molar-refractivity contribution >= 4 is 15.7 Å². The molecule has 1 aromatic carbocycles. The summed E-state index contributed by atoms with van der Waals surface area (Å²) in [6.45, 7) is 3.71. The van der Waals surface area contributed by atoms with E-state index in [1.54, 1.807) is 31.4 Å². The van der Waals surface area contributed by atoms with Crippen LogP contribution in [0.2, 0.25) is 0 Å². The van der Waals surface area contributed by atoms with E-state index < -0.39 is 10.0 Å². The molecule has 1 rings (SSSR count). The average Bonchev–Trinajstić information content (AvgIpc) is 2.38. The molecule has 0 spiro atoms. The van der Waals surface area contributed by atoms with Gasteiger partial charge < -0.3 is 10.1 Å². The number of anilines is 1. The normalized spacial score (nSPS) is 11.3. The summed E-state index contributed by atoms with van der Waals surface area (Å²) >= 11 is 0. The van der Waals surface area contributed by atoms with Crippen LogP contribution in [0.15, 0.2) is 24.3 Å². The van der Waals surface area contributed by atoms with Gasteiger partial charge in [-0.1, -0.05) is 13.0 Å². The summed E-state index contributed by atoms with van der Waals surface area (Å²) in [5.74, 6) is 0.741. The Bertz CT molecular complexity index is 475. The molecule has 108 valence electrons. The number of hydrogen-bond acceptors (Lipinski definition) is 4. The highest BCUT2D eigenvalue weighted by Crippen LogP contribution is 2.17. The first-order chi connectivity index (χ1) is 9.07. The summed E-state index contributed by atoms with van der Waals surface area (Å²) in [4.78, 5) is 0. The second-order valence-corrected chi connectivity index (χ2v) is 6.10. The molecule has 0 fully saturated rings. The van der Waals surface area contributed by atoms with Crippen LogP contribution in [0.3, 0.4) is 0 Å². The molecular weight excluding hydrogens is 264 g/mol. The summed E-state index contributed by atoms with van der Waals surface area (Å²) in [7, 11) is -1.74. The van der Waals surface area contributed by atoms with Crippen molar-refractivity contribution < 1.29 is 13.2 Å². The number of benzene rings is 1. The van der Waals surface area contributed by atoms with Gasteiger partial charge in [0.05, 0.1) is 18.6 Å². The summed E-state index contributed by atoms with van der Waals surface area (Å²) in [6, 6.07) is 6.88. The molecule has 0 aliphatic heterocycles. The molecule has 0 aromatic heterocycles. The van der Waals surface area contributed by atoms with Crippen molar-refractivity contribution in [3.05, 3.63) is 24.3 Å². The summed E-state index contributed by atoms with van der Waals surface area (Å²) in [5, 5.41) is 3.18. The Labute approximate surface area is 115 Å². The third-order valence-electron chi connectivity index (χ3n) is 2.54. The Morgan fingerprint density at radius 3 is 2.74 bits per heavy atom. The molecule has 0 unspecified atom stereocenters. The molecule has 0 bridgehead atoms. The van der Waals surface area contributed by atoms with Gasteiger partial charge in [-0.15, -0.1) is 0 Å². The van der Waals surface area contributed by atoms with Crippen LogP contribution < -0.4 is 14.8 Å². The Hall–Kier alpha value is -1.27. The van der Waals surface area contributed by atoms with Crippen LogP contribution in [0.5, 0.6) is 5.75 Å². The zero-order valence-corrected chi connectivity index (χ0v) is 12.3. The van der Waals surface area contributed by atoms with E-state index >= 15 is 0 Å². The van der Waals surface area contributed by atoms with Crippen molar-refractivity contribution in [2.24, 2.45) is 0 Å². The van der Waals surface area contributed by atoms with E-state index in [4.69, 9.17) is 4.74 Å². The van der Waals surface area contributed by atoms with E-state index in [2.05, 4.69) is 17.0 Å². The lowest BCUT2D eigenvalue weighted by atomic mass is 10.3. The zero-order valence-electron chi connectivity index (χ0n) is 11.5. The smallest absolute Gasteiger partial charge is 0.232 e. The number of nitrogens with one attached hydrogen (secondary N) is 2. The van der Waals surface area contributed by atoms with Gasteiger partial charge in [0.1, 0.15) is 5.75 Å². The van der Waals surface area contributed by atoms with Gasteiger partial charge in [-0.05, 0) is 38.1 Å². The fraction of sp³-hybridized carbons (Fsp3) is 0.538. The lowest BCUT2D eigenvalue weighted by molar-refractivity contribution is 0.415. The van der Waals surface area contributed by atoms with E-state index in [1.165, 1.54) is 0 Å². The van der Waals surface area contributed by atoms with Crippen LogP contribution in [0.1, 0.15) is 19.8 Å². The van der Waals surface area contributed by atoms with Gasteiger partial charge in [-0.2, -0.15) is 0 Å². The van der Waals surface area contributed by atoms with E-state index in [0.29, 0.717) is 24.4 Å². The molecule has 5 nitrogen and oxygen atoms in total. The second kappa shape index (κ2) is 8.01. The molecule has 0 amide bonds. The van der Waals surface area contributed by atoms with Gasteiger partial charge >= 0.3 is 0 Å². The summed E-state index contributed by atoms with van der Waals surface area (Å²) in [6.07, 6.45) is 1.65. The molecule has 0 saturated carbocycles. The first kappa shape index (κ1) is 15.8. The van der Waals surface area contributed by atoms with Crippen molar-refractivity contribution in [2.75, 3.05) is 30.7 Å². The summed E-state index contributed by atoms with van der Waals surface area (Å²) < 4.78 is 31.3. The largest absolute Gasteiger partial charge is 0.497 e. The maximum atomic E-state index is 11.9. The molecule has 19 heavy (non-hydrogen) atoms. The van der Waals surface area contributed by atoms with Crippen molar-refractivity contribution in [1.29, 1.82) is 0 Å². The minimum absolute atomic E-state index is 0.112. The molecule has 2 N–H and O–H groups in total. The maximum absolute atomic E-state index is 11.9. The fourth-order valence-corrected chi connectivity index (χ4v) is 2.72. The molecule has 0 atom stereocenters. The van der Waals surface area contributed by atoms with Crippen LogP contribution >= 0.6 is 0 Å². The number of ether oxygens (including phenoxy) is 1. The van der Waals surface area contributed by atoms with Gasteiger partial charge in [0, 0.05) is 6.07 Å². The first-order valence-electron chi connectivity index (χ1n) is 6.42. The Morgan fingerprint density at radius 1 is 1.26 bits per heavy atom. The quantitative estimate of drug-likeness (QED) is 0.680. The van der Waals surface area contributed by atoms with E-state index in [1.807, 2.05) is 0 Å². The van der Waals surface area contributed by atoms with Crippen molar-refractivity contribution in [3.63, 3.8) is 0 Å². The first-order valence-corrected chi connectivity index (χ1v) is 8.08. The lowest BCUT2D eigenvalue weighted by Crippen LogP contribution is -2.22. The molecule has 1 aromatic rings. The predicted molar refractivity (Wildman–Crippen MR) is 78.2 cm³/mol. The number of sulfonamides is 1. The van der Waals surface area contributed by atoms with E-state index in [9.17, 15) is 8.42 Å². The molecular formula is C13H22N2O3S. The third kappa shape index (κ3) is 6.45. The molecule has 0 saturated heterocycles. The van der Waals surface area contributed by atoms with Crippen LogP contribution in [0, 0.1) is 0 Å². The third-order valence-corrected chi connectivity index (χ3v) is 3.91. The van der Waals surface area contributed by atoms with Gasteiger partial charge in [0.2, 0.25) is 10.0 Å². The molecule has 0 heterocycles. The van der Waals surface area contributed by atoms with Crippen molar-refractivity contribution in [3.8, 4) is 5.75 Å². The number of methoxy groups -OCH3 is 1. The van der Waals surface area contributed by atoms with E-state index in [0.717, 1.165) is 13.0 Å². The Balaban J connectivity index is 2.45. The van der Waals surface area contributed by atoms with Gasteiger partial charge in [-0.3, -0.25) is 4.72 Å². The molecule has 0 aliphatic rings. The van der Waals surface area contributed by atoms with Crippen LogP contribution in [-0.2, 0) is 10.0 Å². The van der Waals surface area contributed by atoms with Gasteiger partial charge in [-0.25, -0.2) is 8.42 Å². The fourth-order valence-electron chi connectivity index (χ4n) is 1.61. The Morgan fingerprint density at radius 2 is 2.05 bits per heavy atom. The minimum atomic E-state index is -3.29. The standard InChI is InChI=1S/C13H22N2O3S/c1-3-8-14-9-5-10-19(16,17)15-12-6-4-7-13(11-12)18-2/h4,6-7,11,14-15H,3,5,8-10H2,1-2H3. The average molecular weight is 286 g/mol. The predicted octanol–water partition coefficient (Wildman–Crippen LogP) is 1.83. The summed E-state index contributed by atoms with van der Waals surface area (Å²) in [5.41, 5.74) is 0.529. The minimum Gasteiger partial charge on any atom is -0.497 e. The topological polar surface area (TPSA) is 67.4 Å². The SMILES string of the molecule is CCCNCCCS(=O)(=O)Nc1cccc(OC)c1. The van der Waals surface area contributed by atoms with Crippen molar-refractivity contribution in [2.45, 2.75) is 19.8 Å². The second-order valence-electron chi connectivity index (χ2n) is 4.26. The van der Waals surface area contributed by atoms with Crippen LogP contribution in [0.25, 0.3) is 0 Å². The zero-order chi connectivity index (χ0) is 14.1. The monoisotopic (exact) mass is 286 g/mol. The van der Waals surface area contributed by atoms with Crippen molar-refractivity contribution in [1.82, 2.24) is 5.32 Å². The number of rotatable bonds is 9. The molecule has 0 aliphatic carbocycles. The highest BCUT2D eigenvalue weighted by atomic mass is 32.2. The molecule has 6 heteroatoms. The van der Waals surface area contributed by atoms with Crippen LogP contribution in [0.4, 0.5) is 5.69 Å². The van der Waals surface area contributed by atoms with Crippen LogP contribution in [-0.4, -0.2) is 34.4 Å². The van der Waals surface area contributed by atoms with Gasteiger partial charge in [0.25, 0.3) is 0 Å². The number of hydrogen-bond donors (Lipinski definition) is 2. The highest BCUT2D eigenvalue weighted by Gasteiger charge is 2.10.